The number of rotatable bonds is 6. The average molecular weight is 426 g/mol. The second kappa shape index (κ2) is 10.1. The Morgan fingerprint density at radius 3 is 2.93 bits per heavy atom. The molecule has 2 heterocycles. The number of aliphatic hydroxyl groups excluding tert-OH is 1. The highest BCUT2D eigenvalue weighted by atomic mass is 31.1. The summed E-state index contributed by atoms with van der Waals surface area (Å²) in [4.78, 5) is 7.00. The van der Waals surface area contributed by atoms with Gasteiger partial charge in [-0.05, 0) is 79.7 Å². The molecule has 0 spiro atoms. The zero-order valence-corrected chi connectivity index (χ0v) is 18.6. The van der Waals surface area contributed by atoms with Gasteiger partial charge in [-0.3, -0.25) is 9.55 Å². The molecule has 2 aromatic rings. The molecule has 4 atom stereocenters. The summed E-state index contributed by atoms with van der Waals surface area (Å²) in [7, 11) is 0.00694. The number of hydrogen-bond donors (Lipinski definition) is 2. The Balaban J connectivity index is 1.42. The molecule has 30 heavy (non-hydrogen) atoms. The molecule has 1 aromatic heterocycles. The molecule has 2 N–H and O–H groups in total. The minimum atomic E-state index is -0.463. The molecule has 0 saturated carbocycles. The van der Waals surface area contributed by atoms with Gasteiger partial charge in [0.2, 0.25) is 8.61 Å². The third-order valence-electron chi connectivity index (χ3n) is 6.96. The van der Waals surface area contributed by atoms with E-state index in [2.05, 4.69) is 52.2 Å². The quantitative estimate of drug-likeness (QED) is 0.534. The number of piperidine rings is 1. The van der Waals surface area contributed by atoms with Crippen LogP contribution in [0.25, 0.3) is 0 Å². The van der Waals surface area contributed by atoms with E-state index in [1.807, 2.05) is 6.07 Å². The van der Waals surface area contributed by atoms with Crippen LogP contribution in [-0.4, -0.2) is 41.2 Å². The number of hydrogen-bond acceptors (Lipinski definition) is 4. The van der Waals surface area contributed by atoms with Crippen molar-refractivity contribution in [3.8, 4) is 0 Å². The highest BCUT2D eigenvalue weighted by molar-refractivity contribution is 7.21. The van der Waals surface area contributed by atoms with Crippen LogP contribution in [0.5, 0.6) is 0 Å². The zero-order chi connectivity index (χ0) is 20.9. The summed E-state index contributed by atoms with van der Waals surface area (Å²) >= 11 is 0. The molecule has 0 radical (unpaired) electrons. The topological polar surface area (TPSA) is 65.5 Å². The number of aromatic nitrogens is 1. The lowest BCUT2D eigenvalue weighted by atomic mass is 9.78. The van der Waals surface area contributed by atoms with Crippen molar-refractivity contribution in [1.82, 2.24) is 15.0 Å². The Kier molecular flexibility index (Phi) is 7.27. The molecule has 1 saturated heterocycles. The van der Waals surface area contributed by atoms with E-state index in [-0.39, 0.29) is 8.61 Å². The van der Waals surface area contributed by atoms with Gasteiger partial charge in [0.15, 0.2) is 0 Å². The standard InChI is InChI=1S/C24H32N3O2P/c1-17-5-2-3-7-21(17)22-10-12-27(16-20(22)14-26-30-29)15-18-8-9-19-6-4-11-25-24(19)23(28)13-18/h2-7,11,18,20,22-23,28H,8-10,12-16H2,1H3,(H,26,29)/t18-,20?,22+,23?/m1/s1. The molecule has 2 aliphatic rings. The SMILES string of the molecule is Cc1ccccc1[C@H]1CCN(C[C@@H]2CCc3cccnc3C(O)C2)CC1CNP=O. The number of benzene rings is 1. The van der Waals surface area contributed by atoms with E-state index < -0.39 is 6.10 Å². The Bertz CT molecular complexity index is 862. The molecule has 0 amide bonds. The number of nitrogens with one attached hydrogen (secondary N) is 1. The maximum atomic E-state index is 11.1. The average Bonchev–Trinajstić information content (AvgIpc) is 2.92. The van der Waals surface area contributed by atoms with Crippen LogP contribution in [0.4, 0.5) is 0 Å². The van der Waals surface area contributed by atoms with Crippen LogP contribution < -0.4 is 5.09 Å². The van der Waals surface area contributed by atoms with Crippen molar-refractivity contribution in [2.45, 2.75) is 44.6 Å². The lowest BCUT2D eigenvalue weighted by Gasteiger charge is -2.40. The monoisotopic (exact) mass is 425 g/mol. The van der Waals surface area contributed by atoms with E-state index in [0.29, 0.717) is 17.8 Å². The van der Waals surface area contributed by atoms with Crippen LogP contribution in [0.15, 0.2) is 42.6 Å². The number of nitrogens with zero attached hydrogens (tertiary/aromatic N) is 2. The molecule has 160 valence electrons. The zero-order valence-electron chi connectivity index (χ0n) is 17.7. The van der Waals surface area contributed by atoms with E-state index in [1.165, 1.54) is 16.7 Å². The number of aliphatic hydroxyl groups is 1. The van der Waals surface area contributed by atoms with Gasteiger partial charge in [-0.25, -0.2) is 5.09 Å². The summed E-state index contributed by atoms with van der Waals surface area (Å²) in [5.74, 6) is 1.39. The third-order valence-corrected chi connectivity index (χ3v) is 7.27. The molecule has 1 aromatic carbocycles. The van der Waals surface area contributed by atoms with Gasteiger partial charge >= 0.3 is 0 Å². The highest BCUT2D eigenvalue weighted by Gasteiger charge is 2.33. The van der Waals surface area contributed by atoms with Crippen molar-refractivity contribution >= 4 is 8.61 Å². The Morgan fingerprint density at radius 1 is 1.23 bits per heavy atom. The number of fused-ring (bicyclic) bond motifs is 1. The van der Waals surface area contributed by atoms with Crippen molar-refractivity contribution < 1.29 is 9.67 Å². The van der Waals surface area contributed by atoms with Gasteiger partial charge in [0.1, 0.15) is 0 Å². The molecule has 0 bridgehead atoms. The van der Waals surface area contributed by atoms with E-state index in [9.17, 15) is 9.67 Å². The Labute approximate surface area is 181 Å². The molecular formula is C24H32N3O2P. The molecule has 1 fully saturated rings. The maximum Gasteiger partial charge on any atom is 0.245 e. The fourth-order valence-corrected chi connectivity index (χ4v) is 5.75. The molecule has 2 unspecified atom stereocenters. The predicted octanol–water partition coefficient (Wildman–Crippen LogP) is 4.28. The van der Waals surface area contributed by atoms with Crippen molar-refractivity contribution in [3.63, 3.8) is 0 Å². The second-order valence-corrected chi connectivity index (χ2v) is 9.43. The number of aryl methyl sites for hydroxylation is 2. The largest absolute Gasteiger partial charge is 0.387 e. The fraction of sp³-hybridized carbons (Fsp3) is 0.542. The van der Waals surface area contributed by atoms with Crippen molar-refractivity contribution in [2.75, 3.05) is 26.2 Å². The van der Waals surface area contributed by atoms with Crippen LogP contribution in [0.1, 0.15) is 53.7 Å². The van der Waals surface area contributed by atoms with Crippen LogP contribution >= 0.6 is 8.61 Å². The van der Waals surface area contributed by atoms with Gasteiger partial charge in [0.25, 0.3) is 0 Å². The third kappa shape index (κ3) is 4.97. The highest BCUT2D eigenvalue weighted by Crippen LogP contribution is 2.36. The van der Waals surface area contributed by atoms with E-state index in [1.54, 1.807) is 6.20 Å². The summed E-state index contributed by atoms with van der Waals surface area (Å²) < 4.78 is 11.1. The predicted molar refractivity (Wildman–Crippen MR) is 120 cm³/mol. The van der Waals surface area contributed by atoms with Crippen LogP contribution in [0.2, 0.25) is 0 Å². The smallest absolute Gasteiger partial charge is 0.245 e. The van der Waals surface area contributed by atoms with Gasteiger partial charge < -0.3 is 10.0 Å². The van der Waals surface area contributed by atoms with Gasteiger partial charge in [-0.1, -0.05) is 30.3 Å². The first-order valence-corrected chi connectivity index (χ1v) is 11.9. The molecule has 1 aliphatic heterocycles. The molecule has 4 rings (SSSR count). The van der Waals surface area contributed by atoms with Crippen molar-refractivity contribution in [3.05, 3.63) is 65.0 Å². The lowest BCUT2D eigenvalue weighted by molar-refractivity contribution is 0.0984. The first-order valence-electron chi connectivity index (χ1n) is 11.1. The van der Waals surface area contributed by atoms with Crippen molar-refractivity contribution in [1.29, 1.82) is 0 Å². The fourth-order valence-electron chi connectivity index (χ4n) is 5.45. The van der Waals surface area contributed by atoms with Crippen LogP contribution in [-0.2, 0) is 11.0 Å². The first kappa shape index (κ1) is 21.6. The van der Waals surface area contributed by atoms with Gasteiger partial charge in [-0.2, -0.15) is 0 Å². The van der Waals surface area contributed by atoms with Crippen LogP contribution in [0.3, 0.4) is 0 Å². The van der Waals surface area contributed by atoms with Crippen molar-refractivity contribution in [2.24, 2.45) is 11.8 Å². The van der Waals surface area contributed by atoms with Gasteiger partial charge in [-0.15, -0.1) is 0 Å². The minimum Gasteiger partial charge on any atom is -0.387 e. The van der Waals surface area contributed by atoms with Gasteiger partial charge in [0.05, 0.1) is 11.8 Å². The summed E-state index contributed by atoms with van der Waals surface area (Å²) in [6, 6.07) is 12.7. The van der Waals surface area contributed by atoms with Crippen LogP contribution in [0, 0.1) is 18.8 Å². The minimum absolute atomic E-state index is 0.00694. The van der Waals surface area contributed by atoms with E-state index in [0.717, 1.165) is 57.6 Å². The molecular weight excluding hydrogens is 393 g/mol. The number of likely N-dealkylation sites (tertiary alicyclic amines) is 1. The second-order valence-electron chi connectivity index (χ2n) is 8.93. The summed E-state index contributed by atoms with van der Waals surface area (Å²) in [5, 5.41) is 13.7. The molecule has 1 aliphatic carbocycles. The van der Waals surface area contributed by atoms with E-state index >= 15 is 0 Å². The Morgan fingerprint density at radius 2 is 2.10 bits per heavy atom. The summed E-state index contributed by atoms with van der Waals surface area (Å²) in [5.41, 5.74) is 4.84. The summed E-state index contributed by atoms with van der Waals surface area (Å²) in [6.45, 7) is 6.03. The number of pyridine rings is 1. The lowest BCUT2D eigenvalue weighted by Crippen LogP contribution is -2.44. The Hall–Kier alpha value is -1.65. The molecule has 5 nitrogen and oxygen atoms in total. The van der Waals surface area contributed by atoms with Gasteiger partial charge in [0, 0.05) is 25.8 Å². The molecule has 6 heteroatoms. The normalized spacial score (nSPS) is 27.5. The first-order chi connectivity index (χ1) is 14.7. The maximum absolute atomic E-state index is 11.1. The summed E-state index contributed by atoms with van der Waals surface area (Å²) in [6.07, 6.45) is 5.30. The van der Waals surface area contributed by atoms with E-state index in [4.69, 9.17) is 0 Å².